The van der Waals surface area contributed by atoms with Crippen LogP contribution < -0.4 is 0 Å². The predicted molar refractivity (Wildman–Crippen MR) is 58.4 cm³/mol. The first-order valence-corrected chi connectivity index (χ1v) is 5.57. The smallest absolute Gasteiger partial charge is 0.127 e. The van der Waals surface area contributed by atoms with Crippen LogP contribution in [0.15, 0.2) is 18.2 Å². The lowest BCUT2D eigenvalue weighted by Crippen LogP contribution is -2.14. The van der Waals surface area contributed by atoms with Gasteiger partial charge in [-0.2, -0.15) is 0 Å². The van der Waals surface area contributed by atoms with Crippen molar-refractivity contribution in [2.24, 2.45) is 11.8 Å². The topological polar surface area (TPSA) is 20.2 Å². The Morgan fingerprint density at radius 3 is 2.80 bits per heavy atom. The third kappa shape index (κ3) is 2.50. The van der Waals surface area contributed by atoms with Crippen molar-refractivity contribution in [3.8, 4) is 0 Å². The lowest BCUT2D eigenvalue weighted by molar-refractivity contribution is 0.145. The van der Waals surface area contributed by atoms with Gasteiger partial charge in [0.2, 0.25) is 0 Å². The fourth-order valence-electron chi connectivity index (χ4n) is 1.95. The highest BCUT2D eigenvalue weighted by molar-refractivity contribution is 6.30. The first-order valence-electron chi connectivity index (χ1n) is 5.20. The Kier molecular flexibility index (Phi) is 2.98. The number of aliphatic hydroxyl groups excluding tert-OH is 1. The molecule has 0 radical (unpaired) electrons. The molecule has 0 bridgehead atoms. The van der Waals surface area contributed by atoms with Crippen LogP contribution in [0.25, 0.3) is 0 Å². The van der Waals surface area contributed by atoms with Crippen LogP contribution in [0.1, 0.15) is 18.9 Å². The second-order valence-corrected chi connectivity index (χ2v) is 4.82. The summed E-state index contributed by atoms with van der Waals surface area (Å²) in [6, 6.07) is 4.59. The molecule has 3 heteroatoms. The van der Waals surface area contributed by atoms with E-state index in [1.807, 2.05) is 0 Å². The van der Waals surface area contributed by atoms with Crippen LogP contribution in [0.5, 0.6) is 0 Å². The number of rotatable bonds is 3. The lowest BCUT2D eigenvalue weighted by Gasteiger charge is -2.10. The average molecular weight is 229 g/mol. The van der Waals surface area contributed by atoms with E-state index in [4.69, 9.17) is 11.6 Å². The fourth-order valence-corrected chi connectivity index (χ4v) is 2.11. The summed E-state index contributed by atoms with van der Waals surface area (Å²) in [5.41, 5.74) is 0.547. The molecule has 0 aromatic heterocycles. The third-order valence-electron chi connectivity index (χ3n) is 3.11. The van der Waals surface area contributed by atoms with Gasteiger partial charge < -0.3 is 5.11 Å². The molecule has 1 saturated carbocycles. The predicted octanol–water partition coefficient (Wildman–Crippen LogP) is 3.04. The SMILES string of the molecule is CC1CC1C(O)Cc1ccc(Cl)cc1F. The highest BCUT2D eigenvalue weighted by atomic mass is 35.5. The van der Waals surface area contributed by atoms with Gasteiger partial charge >= 0.3 is 0 Å². The molecular formula is C12H14ClFO. The zero-order valence-corrected chi connectivity index (χ0v) is 9.34. The Hall–Kier alpha value is -0.600. The number of hydrogen-bond donors (Lipinski definition) is 1. The zero-order chi connectivity index (χ0) is 11.0. The van der Waals surface area contributed by atoms with Crippen LogP contribution in [-0.2, 0) is 6.42 Å². The molecule has 0 amide bonds. The van der Waals surface area contributed by atoms with Crippen molar-refractivity contribution in [3.63, 3.8) is 0 Å². The van der Waals surface area contributed by atoms with E-state index in [1.165, 1.54) is 6.07 Å². The summed E-state index contributed by atoms with van der Waals surface area (Å²) in [5.74, 6) is 0.602. The standard InChI is InChI=1S/C12H14ClFO/c1-7-4-10(7)12(15)5-8-2-3-9(13)6-11(8)14/h2-3,6-7,10,12,15H,4-5H2,1H3. The third-order valence-corrected chi connectivity index (χ3v) is 3.35. The maximum Gasteiger partial charge on any atom is 0.127 e. The first kappa shape index (κ1) is 10.9. The van der Waals surface area contributed by atoms with Gasteiger partial charge in [0.15, 0.2) is 0 Å². The van der Waals surface area contributed by atoms with Crippen molar-refractivity contribution in [3.05, 3.63) is 34.6 Å². The molecule has 1 fully saturated rings. The Bertz CT molecular complexity index is 367. The molecule has 3 unspecified atom stereocenters. The summed E-state index contributed by atoms with van der Waals surface area (Å²) in [5, 5.41) is 10.2. The molecule has 3 atom stereocenters. The Labute approximate surface area is 93.9 Å². The maximum atomic E-state index is 13.4. The molecule has 1 aromatic carbocycles. The number of aliphatic hydroxyl groups is 1. The summed E-state index contributed by atoms with van der Waals surface area (Å²) in [6.45, 7) is 2.10. The summed E-state index contributed by atoms with van der Waals surface area (Å²) in [7, 11) is 0. The van der Waals surface area contributed by atoms with Crippen LogP contribution in [0, 0.1) is 17.7 Å². The minimum absolute atomic E-state index is 0.324. The molecule has 0 heterocycles. The molecule has 1 aliphatic rings. The van der Waals surface area contributed by atoms with Crippen LogP contribution in [0.3, 0.4) is 0 Å². The molecule has 0 spiro atoms. The van der Waals surface area contributed by atoms with Crippen LogP contribution in [0.2, 0.25) is 5.02 Å². The van der Waals surface area contributed by atoms with E-state index in [-0.39, 0.29) is 5.82 Å². The largest absolute Gasteiger partial charge is 0.392 e. The first-order chi connectivity index (χ1) is 7.08. The summed E-state index contributed by atoms with van der Waals surface area (Å²) in [6.07, 6.45) is 1.02. The van der Waals surface area contributed by atoms with Crippen molar-refractivity contribution in [2.45, 2.75) is 25.9 Å². The van der Waals surface area contributed by atoms with E-state index in [2.05, 4.69) is 6.92 Å². The van der Waals surface area contributed by atoms with Gasteiger partial charge in [0, 0.05) is 11.4 Å². The highest BCUT2D eigenvalue weighted by Crippen LogP contribution is 2.41. The van der Waals surface area contributed by atoms with Gasteiger partial charge in [0.05, 0.1) is 6.10 Å². The second-order valence-electron chi connectivity index (χ2n) is 4.38. The Balaban J connectivity index is 2.04. The normalized spacial score (nSPS) is 26.4. The molecular weight excluding hydrogens is 215 g/mol. The average Bonchev–Trinajstić information content (AvgIpc) is 2.88. The molecule has 15 heavy (non-hydrogen) atoms. The van der Waals surface area contributed by atoms with Crippen molar-refractivity contribution >= 4 is 11.6 Å². The van der Waals surface area contributed by atoms with Gasteiger partial charge in [-0.1, -0.05) is 24.6 Å². The monoisotopic (exact) mass is 228 g/mol. The Morgan fingerprint density at radius 2 is 2.27 bits per heavy atom. The fraction of sp³-hybridized carbons (Fsp3) is 0.500. The van der Waals surface area contributed by atoms with Crippen molar-refractivity contribution in [1.82, 2.24) is 0 Å². The number of halogens is 2. The second kappa shape index (κ2) is 4.11. The van der Waals surface area contributed by atoms with Crippen molar-refractivity contribution < 1.29 is 9.50 Å². The Morgan fingerprint density at radius 1 is 1.60 bits per heavy atom. The molecule has 1 aromatic rings. The molecule has 2 rings (SSSR count). The van der Waals surface area contributed by atoms with Gasteiger partial charge in [-0.3, -0.25) is 0 Å². The van der Waals surface area contributed by atoms with Crippen LogP contribution in [0.4, 0.5) is 4.39 Å². The minimum atomic E-state index is -0.421. The zero-order valence-electron chi connectivity index (χ0n) is 8.58. The van der Waals surface area contributed by atoms with E-state index in [1.54, 1.807) is 12.1 Å². The maximum absolute atomic E-state index is 13.4. The molecule has 82 valence electrons. The summed E-state index contributed by atoms with van der Waals surface area (Å²) < 4.78 is 13.4. The molecule has 1 N–H and O–H groups in total. The van der Waals surface area contributed by atoms with E-state index >= 15 is 0 Å². The number of benzene rings is 1. The summed E-state index contributed by atoms with van der Waals surface area (Å²) in [4.78, 5) is 0. The van der Waals surface area contributed by atoms with E-state index in [9.17, 15) is 9.50 Å². The van der Waals surface area contributed by atoms with E-state index in [0.29, 0.717) is 28.8 Å². The quantitative estimate of drug-likeness (QED) is 0.843. The van der Waals surface area contributed by atoms with Crippen LogP contribution >= 0.6 is 11.6 Å². The molecule has 0 aliphatic heterocycles. The highest BCUT2D eigenvalue weighted by Gasteiger charge is 2.38. The van der Waals surface area contributed by atoms with Crippen molar-refractivity contribution in [2.75, 3.05) is 0 Å². The van der Waals surface area contributed by atoms with Gasteiger partial charge in [-0.25, -0.2) is 4.39 Å². The minimum Gasteiger partial charge on any atom is -0.392 e. The lowest BCUT2D eigenvalue weighted by atomic mass is 10.0. The molecule has 1 aliphatic carbocycles. The summed E-state index contributed by atoms with van der Waals surface area (Å²) >= 11 is 5.65. The van der Waals surface area contributed by atoms with Gasteiger partial charge in [0.1, 0.15) is 5.82 Å². The van der Waals surface area contributed by atoms with Crippen molar-refractivity contribution in [1.29, 1.82) is 0 Å². The molecule has 1 nitrogen and oxygen atoms in total. The molecule has 0 saturated heterocycles. The van der Waals surface area contributed by atoms with Gasteiger partial charge in [-0.05, 0) is 36.0 Å². The van der Waals surface area contributed by atoms with Crippen LogP contribution in [-0.4, -0.2) is 11.2 Å². The van der Waals surface area contributed by atoms with E-state index < -0.39 is 6.10 Å². The van der Waals surface area contributed by atoms with Gasteiger partial charge in [0.25, 0.3) is 0 Å². The number of hydrogen-bond acceptors (Lipinski definition) is 1. The van der Waals surface area contributed by atoms with E-state index in [0.717, 1.165) is 6.42 Å². The van der Waals surface area contributed by atoms with Gasteiger partial charge in [-0.15, -0.1) is 0 Å².